The lowest BCUT2D eigenvalue weighted by molar-refractivity contribution is -0.384. The minimum Gasteiger partial charge on any atom is -0.440 e. The summed E-state index contributed by atoms with van der Waals surface area (Å²) in [5.74, 6) is -0.598. The lowest BCUT2D eigenvalue weighted by Crippen LogP contribution is -2.33. The van der Waals surface area contributed by atoms with Crippen LogP contribution in [0, 0.1) is 28.4 Å². The highest BCUT2D eigenvalue weighted by Gasteiger charge is 2.34. The number of pyridine rings is 1. The number of nitro groups is 1. The fourth-order valence-corrected chi connectivity index (χ4v) is 3.27. The van der Waals surface area contributed by atoms with Gasteiger partial charge in [0.15, 0.2) is 0 Å². The Morgan fingerprint density at radius 3 is 2.64 bits per heavy atom. The zero-order valence-electron chi connectivity index (χ0n) is 15.3. The van der Waals surface area contributed by atoms with E-state index < -0.39 is 10.8 Å². The van der Waals surface area contributed by atoms with Crippen molar-refractivity contribution in [3.63, 3.8) is 0 Å². The third-order valence-corrected chi connectivity index (χ3v) is 4.65. The van der Waals surface area contributed by atoms with Crippen molar-refractivity contribution in [2.45, 2.75) is 19.4 Å². The summed E-state index contributed by atoms with van der Waals surface area (Å²) in [6.07, 6.45) is 0. The number of rotatable bonds is 5. The molecule has 0 radical (unpaired) electrons. The molecular formula is C19H18N4O5. The molecule has 1 aliphatic rings. The van der Waals surface area contributed by atoms with Gasteiger partial charge in [-0.15, -0.1) is 0 Å². The van der Waals surface area contributed by atoms with E-state index >= 15 is 0 Å². The molecule has 28 heavy (non-hydrogen) atoms. The largest absolute Gasteiger partial charge is 0.440 e. The van der Waals surface area contributed by atoms with Crippen LogP contribution in [0.3, 0.4) is 0 Å². The van der Waals surface area contributed by atoms with E-state index in [1.807, 2.05) is 6.07 Å². The zero-order chi connectivity index (χ0) is 20.4. The van der Waals surface area contributed by atoms with Gasteiger partial charge in [-0.25, -0.2) is 0 Å². The maximum absolute atomic E-state index is 13.2. The van der Waals surface area contributed by atoms with Crippen LogP contribution in [0.4, 0.5) is 5.69 Å². The van der Waals surface area contributed by atoms with Gasteiger partial charge in [-0.3, -0.25) is 14.9 Å². The molecule has 1 aromatic heterocycles. The van der Waals surface area contributed by atoms with E-state index in [9.17, 15) is 20.2 Å². The predicted molar refractivity (Wildman–Crippen MR) is 99.7 cm³/mol. The monoisotopic (exact) mass is 382 g/mol. The molecule has 2 N–H and O–H groups in total. The Labute approximate surface area is 160 Å². The first kappa shape index (κ1) is 19.1. The first-order valence-electron chi connectivity index (χ1n) is 8.44. The molecular weight excluding hydrogens is 364 g/mol. The van der Waals surface area contributed by atoms with Crippen molar-refractivity contribution >= 4 is 5.69 Å². The van der Waals surface area contributed by atoms with Gasteiger partial charge in [-0.2, -0.15) is 5.26 Å². The lowest BCUT2D eigenvalue weighted by Gasteiger charge is -2.27. The van der Waals surface area contributed by atoms with Crippen molar-refractivity contribution < 1.29 is 14.4 Å². The molecule has 0 saturated carbocycles. The van der Waals surface area contributed by atoms with Crippen LogP contribution in [-0.4, -0.2) is 23.2 Å². The van der Waals surface area contributed by atoms with Crippen molar-refractivity contribution in [3.05, 3.63) is 79.1 Å². The number of ether oxygens (including phenoxy) is 2. The number of allylic oxidation sites excluding steroid dienone is 1. The second-order valence-electron chi connectivity index (χ2n) is 6.29. The van der Waals surface area contributed by atoms with Gasteiger partial charge < -0.3 is 19.8 Å². The molecule has 0 aliphatic carbocycles. The number of methoxy groups -OCH3 is 1. The van der Waals surface area contributed by atoms with Gasteiger partial charge in [-0.1, -0.05) is 12.1 Å². The van der Waals surface area contributed by atoms with Crippen LogP contribution in [0.25, 0.3) is 0 Å². The van der Waals surface area contributed by atoms with Gasteiger partial charge in [0.1, 0.15) is 17.4 Å². The molecule has 0 bridgehead atoms. The lowest BCUT2D eigenvalue weighted by atomic mass is 9.84. The summed E-state index contributed by atoms with van der Waals surface area (Å²) in [7, 11) is 1.54. The molecule has 3 rings (SSSR count). The Morgan fingerprint density at radius 2 is 2.07 bits per heavy atom. The average molecular weight is 382 g/mol. The molecule has 1 aliphatic heterocycles. The van der Waals surface area contributed by atoms with E-state index in [1.165, 1.54) is 24.3 Å². The van der Waals surface area contributed by atoms with Crippen molar-refractivity contribution in [2.75, 3.05) is 13.7 Å². The number of hydrogen-bond acceptors (Lipinski definition) is 7. The van der Waals surface area contributed by atoms with Crippen LogP contribution in [-0.2, 0) is 11.3 Å². The number of nitriles is 1. The molecule has 0 saturated heterocycles. The molecule has 0 unspecified atom stereocenters. The number of nitrogens with zero attached hydrogens (tertiary/aromatic N) is 3. The number of benzene rings is 1. The first-order valence-corrected chi connectivity index (χ1v) is 8.44. The Bertz CT molecular complexity index is 1060. The van der Waals surface area contributed by atoms with Crippen molar-refractivity contribution in [1.29, 1.82) is 5.26 Å². The van der Waals surface area contributed by atoms with Crippen molar-refractivity contribution in [3.8, 4) is 11.8 Å². The minimum atomic E-state index is -0.781. The quantitative estimate of drug-likeness (QED) is 0.617. The van der Waals surface area contributed by atoms with Crippen LogP contribution in [0.5, 0.6) is 5.75 Å². The molecule has 9 nitrogen and oxygen atoms in total. The number of nitro benzene ring substituents is 1. The van der Waals surface area contributed by atoms with Crippen LogP contribution in [0.2, 0.25) is 0 Å². The molecule has 1 atom stereocenters. The summed E-state index contributed by atoms with van der Waals surface area (Å²) in [4.78, 5) is 23.6. The number of aromatic nitrogens is 1. The zero-order valence-corrected chi connectivity index (χ0v) is 15.3. The second kappa shape index (κ2) is 7.54. The number of fused-ring (bicyclic) bond motifs is 1. The van der Waals surface area contributed by atoms with Crippen LogP contribution in [0.15, 0.2) is 46.6 Å². The average Bonchev–Trinajstić information content (AvgIpc) is 2.67. The highest BCUT2D eigenvalue weighted by atomic mass is 16.6. The molecule has 0 spiro atoms. The summed E-state index contributed by atoms with van der Waals surface area (Å²) in [6.45, 7) is 2.44. The fourth-order valence-electron chi connectivity index (χ4n) is 3.27. The summed E-state index contributed by atoms with van der Waals surface area (Å²) in [5, 5.41) is 20.5. The Kier molecular flexibility index (Phi) is 5.15. The molecule has 9 heteroatoms. The van der Waals surface area contributed by atoms with Gasteiger partial charge in [0, 0.05) is 37.5 Å². The number of non-ortho nitro benzene ring substituents is 1. The van der Waals surface area contributed by atoms with Crippen LogP contribution >= 0.6 is 0 Å². The standard InChI is InChI=1S/C19H18N4O5/c1-11-9-15-17(19(24)22(11)7-8-27-2)16(14(10-20)18(21)28-15)12-3-5-13(6-4-12)23(25)26/h3-6,9,16H,7-8,21H2,1-2H3/t16-/m0/s1. The van der Waals surface area contributed by atoms with Gasteiger partial charge in [0.25, 0.3) is 11.2 Å². The van der Waals surface area contributed by atoms with Gasteiger partial charge in [-0.05, 0) is 12.5 Å². The summed E-state index contributed by atoms with van der Waals surface area (Å²) in [5.41, 5.74) is 7.06. The Hall–Kier alpha value is -3.64. The SMILES string of the molecule is COCCn1c(C)cc2c(c1=O)[C@@H](c1ccc([N+](=O)[O-])cc1)C(C#N)=C(N)O2. The topological polar surface area (TPSA) is 133 Å². The first-order chi connectivity index (χ1) is 13.4. The highest BCUT2D eigenvalue weighted by molar-refractivity contribution is 5.56. The summed E-state index contributed by atoms with van der Waals surface area (Å²) < 4.78 is 12.2. The van der Waals surface area contributed by atoms with E-state index in [0.29, 0.717) is 24.4 Å². The molecule has 2 aromatic rings. The van der Waals surface area contributed by atoms with Gasteiger partial charge in [0.2, 0.25) is 5.88 Å². The maximum Gasteiger partial charge on any atom is 0.269 e. The third kappa shape index (κ3) is 3.21. The number of aryl methyl sites for hydroxylation is 1. The Morgan fingerprint density at radius 1 is 1.39 bits per heavy atom. The smallest absolute Gasteiger partial charge is 0.269 e. The van der Waals surface area contributed by atoms with Crippen LogP contribution < -0.4 is 16.0 Å². The van der Waals surface area contributed by atoms with Crippen molar-refractivity contribution in [2.24, 2.45) is 5.73 Å². The van der Waals surface area contributed by atoms with E-state index in [1.54, 1.807) is 24.7 Å². The summed E-state index contributed by atoms with van der Waals surface area (Å²) in [6, 6.07) is 9.38. The highest BCUT2D eigenvalue weighted by Crippen LogP contribution is 2.40. The maximum atomic E-state index is 13.2. The van der Waals surface area contributed by atoms with E-state index in [4.69, 9.17) is 15.2 Å². The fraction of sp³-hybridized carbons (Fsp3) is 0.263. The molecule has 2 heterocycles. The third-order valence-electron chi connectivity index (χ3n) is 4.65. The van der Waals surface area contributed by atoms with Crippen molar-refractivity contribution in [1.82, 2.24) is 4.57 Å². The van der Waals surface area contributed by atoms with E-state index in [2.05, 4.69) is 0 Å². The Balaban J connectivity index is 2.23. The van der Waals surface area contributed by atoms with E-state index in [0.717, 1.165) is 0 Å². The molecule has 144 valence electrons. The summed E-state index contributed by atoms with van der Waals surface area (Å²) >= 11 is 0. The van der Waals surface area contributed by atoms with E-state index in [-0.39, 0.29) is 34.0 Å². The number of nitrogens with two attached hydrogens (primary N) is 1. The van der Waals surface area contributed by atoms with Gasteiger partial charge in [0.05, 0.1) is 23.0 Å². The minimum absolute atomic E-state index is 0.0839. The molecule has 0 fully saturated rings. The van der Waals surface area contributed by atoms with Crippen LogP contribution in [0.1, 0.15) is 22.7 Å². The second-order valence-corrected chi connectivity index (χ2v) is 6.29. The molecule has 1 aromatic carbocycles. The molecule has 0 amide bonds. The van der Waals surface area contributed by atoms with Gasteiger partial charge >= 0.3 is 0 Å². The predicted octanol–water partition coefficient (Wildman–Crippen LogP) is 1.93. The normalized spacial score (nSPS) is 15.5. The number of hydrogen-bond donors (Lipinski definition) is 1.